The van der Waals surface area contributed by atoms with Crippen molar-refractivity contribution in [1.82, 2.24) is 24.9 Å². The molecular weight excluding hydrogens is 675 g/mol. The molecule has 3 heterocycles. The van der Waals surface area contributed by atoms with Crippen molar-refractivity contribution in [3.63, 3.8) is 0 Å². The molecule has 8 aromatic carbocycles. The predicted octanol–water partition coefficient (Wildman–Crippen LogP) is 12.4. The number of para-hydroxylation sites is 1. The van der Waals surface area contributed by atoms with Gasteiger partial charge in [-0.15, -0.1) is 0 Å². The fraction of sp³-hybridized carbons (Fsp3) is 0. The molecule has 0 N–H and O–H groups in total. The van der Waals surface area contributed by atoms with E-state index in [2.05, 4.69) is 140 Å². The summed E-state index contributed by atoms with van der Waals surface area (Å²) in [5.74, 6) is 1.80. The Morgan fingerprint density at radius 3 is 1.80 bits per heavy atom. The molecule has 0 aliphatic heterocycles. The molecule has 0 saturated carbocycles. The Balaban J connectivity index is 1.13. The summed E-state index contributed by atoms with van der Waals surface area (Å²) in [6.07, 6.45) is 1.83. The van der Waals surface area contributed by atoms with Gasteiger partial charge in [0, 0.05) is 27.6 Å². The van der Waals surface area contributed by atoms with Crippen LogP contribution in [0.1, 0.15) is 0 Å². The standard InChI is InChI=1S/C49H29N5O/c1-2-13-30(14-3-1)31-16-10-17-33(27-31)46-52-47(54-48(53-46)42-28-32-15-4-5-18-34(32)35-19-6-7-20-38(35)42)40-25-12-22-36-37(40)23-11-24-39(36)43-29-50-45-41-21-8-9-26-44(41)55-49(45)51-43/h1-29H. The average molecular weight is 704 g/mol. The smallest absolute Gasteiger partial charge is 0.246 e. The van der Waals surface area contributed by atoms with Gasteiger partial charge in [-0.25, -0.2) is 24.9 Å². The van der Waals surface area contributed by atoms with Crippen LogP contribution in [0.2, 0.25) is 0 Å². The van der Waals surface area contributed by atoms with Crippen molar-refractivity contribution in [2.24, 2.45) is 0 Å². The van der Waals surface area contributed by atoms with Crippen LogP contribution >= 0.6 is 0 Å². The summed E-state index contributed by atoms with van der Waals surface area (Å²) in [7, 11) is 0. The molecule has 55 heavy (non-hydrogen) atoms. The molecule has 0 spiro atoms. The first-order chi connectivity index (χ1) is 27.2. The highest BCUT2D eigenvalue weighted by atomic mass is 16.3. The Kier molecular flexibility index (Phi) is 7.07. The number of hydrogen-bond acceptors (Lipinski definition) is 6. The molecule has 0 amide bonds. The Morgan fingerprint density at radius 1 is 0.364 bits per heavy atom. The molecule has 3 aromatic heterocycles. The van der Waals surface area contributed by atoms with Gasteiger partial charge in [-0.05, 0) is 67.7 Å². The van der Waals surface area contributed by atoms with Crippen molar-refractivity contribution >= 4 is 54.5 Å². The lowest BCUT2D eigenvalue weighted by atomic mass is 9.96. The summed E-state index contributed by atoms with van der Waals surface area (Å²) in [6.45, 7) is 0. The van der Waals surface area contributed by atoms with Crippen molar-refractivity contribution in [1.29, 1.82) is 0 Å². The summed E-state index contributed by atoms with van der Waals surface area (Å²) < 4.78 is 6.12. The van der Waals surface area contributed by atoms with Crippen LogP contribution in [0.25, 0.3) is 111 Å². The van der Waals surface area contributed by atoms with Gasteiger partial charge in [0.25, 0.3) is 0 Å². The first-order valence-corrected chi connectivity index (χ1v) is 18.2. The van der Waals surface area contributed by atoms with Crippen LogP contribution in [0.5, 0.6) is 0 Å². The fourth-order valence-corrected chi connectivity index (χ4v) is 7.80. The third-order valence-electron chi connectivity index (χ3n) is 10.4. The lowest BCUT2D eigenvalue weighted by molar-refractivity contribution is 0.653. The molecule has 0 aliphatic rings. The maximum atomic E-state index is 6.12. The second kappa shape index (κ2) is 12.5. The van der Waals surface area contributed by atoms with Crippen molar-refractivity contribution in [2.45, 2.75) is 0 Å². The Hall–Kier alpha value is -7.57. The van der Waals surface area contributed by atoms with Crippen LogP contribution in [0, 0.1) is 0 Å². The third-order valence-corrected chi connectivity index (χ3v) is 10.4. The van der Waals surface area contributed by atoms with Crippen LogP contribution in [0.3, 0.4) is 0 Å². The topological polar surface area (TPSA) is 77.6 Å². The van der Waals surface area contributed by atoms with E-state index in [1.54, 1.807) is 0 Å². The van der Waals surface area contributed by atoms with E-state index in [0.717, 1.165) is 82.5 Å². The van der Waals surface area contributed by atoms with Gasteiger partial charge in [-0.2, -0.15) is 0 Å². The first-order valence-electron chi connectivity index (χ1n) is 18.2. The molecule has 11 rings (SSSR count). The van der Waals surface area contributed by atoms with Crippen LogP contribution < -0.4 is 0 Å². The monoisotopic (exact) mass is 703 g/mol. The van der Waals surface area contributed by atoms with Gasteiger partial charge in [0.1, 0.15) is 11.1 Å². The minimum atomic E-state index is 0.513. The van der Waals surface area contributed by atoms with Crippen LogP contribution in [-0.2, 0) is 0 Å². The number of furan rings is 1. The van der Waals surface area contributed by atoms with Crippen molar-refractivity contribution < 1.29 is 4.42 Å². The SMILES string of the molecule is c1ccc(-c2cccc(-c3nc(-c4cccc5c(-c6cnc7c(n6)oc6ccccc67)cccc45)nc(-c4cc5ccccc5c5ccccc45)n3)c2)cc1. The summed E-state index contributed by atoms with van der Waals surface area (Å²) >= 11 is 0. The number of fused-ring (bicyclic) bond motifs is 7. The highest BCUT2D eigenvalue weighted by Crippen LogP contribution is 2.38. The second-order valence-electron chi connectivity index (χ2n) is 13.7. The van der Waals surface area contributed by atoms with Crippen LogP contribution in [0.15, 0.2) is 180 Å². The van der Waals surface area contributed by atoms with E-state index < -0.39 is 0 Å². The molecule has 0 radical (unpaired) electrons. The highest BCUT2D eigenvalue weighted by molar-refractivity contribution is 6.13. The largest absolute Gasteiger partial charge is 0.436 e. The minimum absolute atomic E-state index is 0.513. The molecule has 0 saturated heterocycles. The number of benzene rings is 8. The van der Waals surface area contributed by atoms with Crippen LogP contribution in [0.4, 0.5) is 0 Å². The van der Waals surface area contributed by atoms with Gasteiger partial charge in [-0.3, -0.25) is 0 Å². The number of nitrogens with zero attached hydrogens (tertiary/aromatic N) is 5. The molecule has 0 aliphatic carbocycles. The van der Waals surface area contributed by atoms with E-state index in [9.17, 15) is 0 Å². The Bertz CT molecular complexity index is 3280. The van der Waals surface area contributed by atoms with Gasteiger partial charge in [0.15, 0.2) is 17.5 Å². The van der Waals surface area contributed by atoms with E-state index in [1.807, 2.05) is 36.5 Å². The maximum Gasteiger partial charge on any atom is 0.246 e. The molecule has 0 atom stereocenters. The minimum Gasteiger partial charge on any atom is -0.436 e. The lowest BCUT2D eigenvalue weighted by Crippen LogP contribution is -2.01. The first kappa shape index (κ1) is 31.0. The summed E-state index contributed by atoms with van der Waals surface area (Å²) in [5.41, 5.74) is 8.69. The average Bonchev–Trinajstić information content (AvgIpc) is 3.64. The van der Waals surface area contributed by atoms with E-state index >= 15 is 0 Å². The van der Waals surface area contributed by atoms with E-state index in [1.165, 1.54) is 5.39 Å². The van der Waals surface area contributed by atoms with Gasteiger partial charge in [0.2, 0.25) is 5.71 Å². The molecule has 0 unspecified atom stereocenters. The van der Waals surface area contributed by atoms with Gasteiger partial charge < -0.3 is 4.42 Å². The quantitative estimate of drug-likeness (QED) is 0.166. The number of aromatic nitrogens is 5. The van der Waals surface area contributed by atoms with E-state index in [4.69, 9.17) is 29.3 Å². The van der Waals surface area contributed by atoms with Crippen molar-refractivity contribution in [3.05, 3.63) is 176 Å². The predicted molar refractivity (Wildman–Crippen MR) is 222 cm³/mol. The van der Waals surface area contributed by atoms with Gasteiger partial charge in [-0.1, -0.05) is 146 Å². The molecule has 0 bridgehead atoms. The molecule has 6 heteroatoms. The lowest BCUT2D eigenvalue weighted by Gasteiger charge is -2.14. The molecule has 0 fully saturated rings. The second-order valence-corrected chi connectivity index (χ2v) is 13.7. The summed E-state index contributed by atoms with van der Waals surface area (Å²) in [4.78, 5) is 25.5. The molecular formula is C49H29N5O. The zero-order valence-corrected chi connectivity index (χ0v) is 29.4. The van der Waals surface area contributed by atoms with Gasteiger partial charge in [0.05, 0.1) is 11.9 Å². The van der Waals surface area contributed by atoms with Crippen molar-refractivity contribution in [3.8, 4) is 56.5 Å². The number of rotatable bonds is 5. The zero-order valence-electron chi connectivity index (χ0n) is 29.4. The van der Waals surface area contributed by atoms with Gasteiger partial charge >= 0.3 is 0 Å². The van der Waals surface area contributed by atoms with Crippen molar-refractivity contribution in [2.75, 3.05) is 0 Å². The molecule has 11 aromatic rings. The summed E-state index contributed by atoms with van der Waals surface area (Å²) in [5, 5.41) is 7.52. The van der Waals surface area contributed by atoms with E-state index in [0.29, 0.717) is 23.2 Å². The molecule has 256 valence electrons. The maximum absolute atomic E-state index is 6.12. The van der Waals surface area contributed by atoms with Crippen LogP contribution in [-0.4, -0.2) is 24.9 Å². The third kappa shape index (κ3) is 5.23. The number of hydrogen-bond donors (Lipinski definition) is 0. The Labute approximate surface area is 315 Å². The fourth-order valence-electron chi connectivity index (χ4n) is 7.80. The zero-order chi connectivity index (χ0) is 36.3. The normalized spacial score (nSPS) is 11.6. The summed E-state index contributed by atoms with van der Waals surface area (Å²) in [6, 6.07) is 58.4. The molecule has 6 nitrogen and oxygen atoms in total. The Morgan fingerprint density at radius 2 is 0.945 bits per heavy atom. The van der Waals surface area contributed by atoms with E-state index in [-0.39, 0.29) is 0 Å². The highest BCUT2D eigenvalue weighted by Gasteiger charge is 2.19.